The smallest absolute Gasteiger partial charge is 0.311 e. The molecule has 114 valence electrons. The molecule has 1 N–H and O–H groups in total. The topological polar surface area (TPSA) is 76.8 Å². The predicted octanol–water partition coefficient (Wildman–Crippen LogP) is 3.67. The standard InChI is InChI=1S/C16H17N3O3/c1-11-4-6-14(8-12(11)2)18-17-10-13-5-7-16(22-3)15(9-13)19(20)21/h4-10,18H,1-3H3/b17-10+. The lowest BCUT2D eigenvalue weighted by atomic mass is 10.1. The first-order valence-electron chi connectivity index (χ1n) is 6.70. The first kappa shape index (κ1) is 15.5. The van der Waals surface area contributed by atoms with Crippen molar-refractivity contribution in [3.63, 3.8) is 0 Å². The van der Waals surface area contributed by atoms with Crippen LogP contribution in [0.5, 0.6) is 5.75 Å². The Morgan fingerprint density at radius 2 is 1.95 bits per heavy atom. The number of hydrogen-bond acceptors (Lipinski definition) is 5. The van der Waals surface area contributed by atoms with E-state index in [2.05, 4.69) is 10.5 Å². The van der Waals surface area contributed by atoms with Crippen LogP contribution in [0.4, 0.5) is 11.4 Å². The summed E-state index contributed by atoms with van der Waals surface area (Å²) in [4.78, 5) is 10.5. The summed E-state index contributed by atoms with van der Waals surface area (Å²) in [5.74, 6) is 0.226. The fourth-order valence-electron chi connectivity index (χ4n) is 1.92. The number of ether oxygens (including phenoxy) is 1. The van der Waals surface area contributed by atoms with Gasteiger partial charge in [-0.1, -0.05) is 6.07 Å². The normalized spacial score (nSPS) is 10.7. The highest BCUT2D eigenvalue weighted by Gasteiger charge is 2.14. The summed E-state index contributed by atoms with van der Waals surface area (Å²) in [6.07, 6.45) is 1.53. The zero-order valence-corrected chi connectivity index (χ0v) is 12.7. The molecule has 0 bridgehead atoms. The highest BCUT2D eigenvalue weighted by molar-refractivity contribution is 5.82. The van der Waals surface area contributed by atoms with E-state index in [-0.39, 0.29) is 11.4 Å². The van der Waals surface area contributed by atoms with Crippen molar-refractivity contribution in [2.24, 2.45) is 5.10 Å². The Balaban J connectivity index is 2.14. The lowest BCUT2D eigenvalue weighted by molar-refractivity contribution is -0.385. The summed E-state index contributed by atoms with van der Waals surface area (Å²) in [5.41, 5.74) is 6.67. The van der Waals surface area contributed by atoms with Gasteiger partial charge in [-0.05, 0) is 49.2 Å². The quantitative estimate of drug-likeness (QED) is 0.519. The third kappa shape index (κ3) is 3.60. The van der Waals surface area contributed by atoms with E-state index in [9.17, 15) is 10.1 Å². The van der Waals surface area contributed by atoms with E-state index < -0.39 is 4.92 Å². The molecule has 0 spiro atoms. The van der Waals surface area contributed by atoms with Gasteiger partial charge in [-0.15, -0.1) is 0 Å². The first-order chi connectivity index (χ1) is 10.5. The van der Waals surface area contributed by atoms with Crippen molar-refractivity contribution in [1.29, 1.82) is 0 Å². The van der Waals surface area contributed by atoms with Gasteiger partial charge in [0.2, 0.25) is 0 Å². The van der Waals surface area contributed by atoms with Crippen LogP contribution in [0, 0.1) is 24.0 Å². The van der Waals surface area contributed by atoms with Gasteiger partial charge in [-0.25, -0.2) is 0 Å². The Morgan fingerprint density at radius 1 is 1.18 bits per heavy atom. The van der Waals surface area contributed by atoms with Crippen LogP contribution in [0.2, 0.25) is 0 Å². The average Bonchev–Trinajstić information content (AvgIpc) is 2.50. The minimum Gasteiger partial charge on any atom is -0.490 e. The number of hydrazone groups is 1. The Hall–Kier alpha value is -2.89. The van der Waals surface area contributed by atoms with Gasteiger partial charge in [0.05, 0.1) is 23.9 Å². The molecule has 0 saturated carbocycles. The third-order valence-electron chi connectivity index (χ3n) is 3.31. The van der Waals surface area contributed by atoms with Crippen LogP contribution in [-0.2, 0) is 0 Å². The van der Waals surface area contributed by atoms with Gasteiger partial charge in [0, 0.05) is 11.6 Å². The summed E-state index contributed by atoms with van der Waals surface area (Å²) in [6.45, 7) is 4.07. The molecule has 22 heavy (non-hydrogen) atoms. The van der Waals surface area contributed by atoms with Crippen LogP contribution in [0.25, 0.3) is 0 Å². The van der Waals surface area contributed by atoms with Gasteiger partial charge in [0.1, 0.15) is 0 Å². The maximum atomic E-state index is 11.0. The zero-order valence-electron chi connectivity index (χ0n) is 12.7. The van der Waals surface area contributed by atoms with Crippen LogP contribution < -0.4 is 10.2 Å². The molecule has 2 aromatic carbocycles. The second-order valence-corrected chi connectivity index (χ2v) is 4.86. The second-order valence-electron chi connectivity index (χ2n) is 4.86. The number of anilines is 1. The van der Waals surface area contributed by atoms with Crippen LogP contribution in [0.1, 0.15) is 16.7 Å². The summed E-state index contributed by atoms with van der Waals surface area (Å²) in [5, 5.41) is 15.1. The van der Waals surface area contributed by atoms with E-state index in [1.165, 1.54) is 30.5 Å². The number of nitrogens with zero attached hydrogens (tertiary/aromatic N) is 2. The molecule has 2 aromatic rings. The van der Waals surface area contributed by atoms with Crippen molar-refractivity contribution in [2.75, 3.05) is 12.5 Å². The van der Waals surface area contributed by atoms with E-state index in [4.69, 9.17) is 4.74 Å². The minimum absolute atomic E-state index is 0.0855. The summed E-state index contributed by atoms with van der Waals surface area (Å²) in [7, 11) is 1.40. The largest absolute Gasteiger partial charge is 0.490 e. The van der Waals surface area contributed by atoms with Gasteiger partial charge in [-0.3, -0.25) is 15.5 Å². The van der Waals surface area contributed by atoms with Crippen molar-refractivity contribution in [1.82, 2.24) is 0 Å². The van der Waals surface area contributed by atoms with Crippen molar-refractivity contribution in [3.8, 4) is 5.75 Å². The fraction of sp³-hybridized carbons (Fsp3) is 0.188. The highest BCUT2D eigenvalue weighted by Crippen LogP contribution is 2.26. The van der Waals surface area contributed by atoms with E-state index >= 15 is 0 Å². The highest BCUT2D eigenvalue weighted by atomic mass is 16.6. The third-order valence-corrected chi connectivity index (χ3v) is 3.31. The Morgan fingerprint density at radius 3 is 2.59 bits per heavy atom. The van der Waals surface area contributed by atoms with E-state index in [0.29, 0.717) is 5.56 Å². The van der Waals surface area contributed by atoms with Gasteiger partial charge >= 0.3 is 5.69 Å². The van der Waals surface area contributed by atoms with E-state index in [1.54, 1.807) is 12.1 Å². The molecule has 0 unspecified atom stereocenters. The second kappa shape index (κ2) is 6.71. The molecule has 0 radical (unpaired) electrons. The SMILES string of the molecule is COc1ccc(/C=N/Nc2ccc(C)c(C)c2)cc1[N+](=O)[O-]. The van der Waals surface area contributed by atoms with E-state index in [1.807, 2.05) is 32.0 Å². The molecule has 0 saturated heterocycles. The van der Waals surface area contributed by atoms with Crippen molar-refractivity contribution >= 4 is 17.6 Å². The average molecular weight is 299 g/mol. The molecule has 0 atom stereocenters. The summed E-state index contributed by atoms with van der Waals surface area (Å²) >= 11 is 0. The molecule has 0 aliphatic carbocycles. The Labute approximate surface area is 128 Å². The fourth-order valence-corrected chi connectivity index (χ4v) is 1.92. The number of aryl methyl sites for hydroxylation is 2. The van der Waals surface area contributed by atoms with Gasteiger partial charge in [0.15, 0.2) is 5.75 Å². The predicted molar refractivity (Wildman–Crippen MR) is 86.8 cm³/mol. The lowest BCUT2D eigenvalue weighted by Crippen LogP contribution is -1.96. The molecule has 2 rings (SSSR count). The Bertz CT molecular complexity index is 727. The molecule has 0 aliphatic rings. The number of nitro groups is 1. The van der Waals surface area contributed by atoms with Crippen LogP contribution in [0.3, 0.4) is 0 Å². The number of hydrogen-bond donors (Lipinski definition) is 1. The van der Waals surface area contributed by atoms with Gasteiger partial charge in [0.25, 0.3) is 0 Å². The van der Waals surface area contributed by atoms with Gasteiger partial charge in [-0.2, -0.15) is 5.10 Å². The summed E-state index contributed by atoms with van der Waals surface area (Å²) in [6, 6.07) is 10.6. The molecular formula is C16H17N3O3. The molecular weight excluding hydrogens is 282 g/mol. The van der Waals surface area contributed by atoms with Crippen LogP contribution in [0.15, 0.2) is 41.5 Å². The summed E-state index contributed by atoms with van der Waals surface area (Å²) < 4.78 is 4.96. The number of rotatable bonds is 5. The maximum Gasteiger partial charge on any atom is 0.311 e. The molecule has 0 heterocycles. The molecule has 6 nitrogen and oxygen atoms in total. The van der Waals surface area contributed by atoms with Crippen molar-refractivity contribution < 1.29 is 9.66 Å². The number of methoxy groups -OCH3 is 1. The molecule has 0 fully saturated rings. The van der Waals surface area contributed by atoms with Gasteiger partial charge < -0.3 is 4.74 Å². The number of nitro benzene ring substituents is 1. The lowest BCUT2D eigenvalue weighted by Gasteiger charge is -2.04. The Kier molecular flexibility index (Phi) is 4.73. The van der Waals surface area contributed by atoms with Crippen molar-refractivity contribution in [2.45, 2.75) is 13.8 Å². The number of benzene rings is 2. The van der Waals surface area contributed by atoms with Crippen LogP contribution in [-0.4, -0.2) is 18.2 Å². The number of nitrogens with one attached hydrogen (secondary N) is 1. The minimum atomic E-state index is -0.479. The molecule has 0 amide bonds. The van der Waals surface area contributed by atoms with Crippen molar-refractivity contribution in [3.05, 3.63) is 63.2 Å². The first-order valence-corrected chi connectivity index (χ1v) is 6.70. The molecule has 6 heteroatoms. The van der Waals surface area contributed by atoms with Crippen LogP contribution >= 0.6 is 0 Å². The molecule has 0 aromatic heterocycles. The molecule has 0 aliphatic heterocycles. The van der Waals surface area contributed by atoms with E-state index in [0.717, 1.165) is 5.69 Å². The monoisotopic (exact) mass is 299 g/mol. The maximum absolute atomic E-state index is 11.0. The zero-order chi connectivity index (χ0) is 16.1.